The lowest BCUT2D eigenvalue weighted by Crippen LogP contribution is -2.34. The average molecular weight is 518 g/mol. The molecule has 1 aliphatic rings. The minimum absolute atomic E-state index is 0.178. The number of benzene rings is 2. The van der Waals surface area contributed by atoms with Crippen LogP contribution in [0.1, 0.15) is 28.0 Å². The van der Waals surface area contributed by atoms with E-state index in [0.717, 1.165) is 36.5 Å². The molecule has 4 aromatic rings. The Morgan fingerprint density at radius 2 is 1.97 bits per heavy atom. The van der Waals surface area contributed by atoms with Crippen LogP contribution >= 0.6 is 23.1 Å². The van der Waals surface area contributed by atoms with Crippen molar-refractivity contribution in [1.82, 2.24) is 10.2 Å². The largest absolute Gasteiger partial charge is 0.538 e. The van der Waals surface area contributed by atoms with Crippen LogP contribution in [-0.2, 0) is 24.3 Å². The molecular formula is C26H23N5O3S2. The third-order valence-corrected chi connectivity index (χ3v) is 8.04. The fourth-order valence-electron chi connectivity index (χ4n) is 4.16. The first kappa shape index (κ1) is 24.1. The van der Waals surface area contributed by atoms with E-state index in [2.05, 4.69) is 33.7 Å². The first-order valence-corrected chi connectivity index (χ1v) is 13.3. The van der Waals surface area contributed by atoms with Crippen LogP contribution in [0, 0.1) is 11.3 Å². The van der Waals surface area contributed by atoms with Gasteiger partial charge in [-0.05, 0) is 22.2 Å². The van der Waals surface area contributed by atoms with Gasteiger partial charge in [0, 0.05) is 48.8 Å². The second-order valence-electron chi connectivity index (χ2n) is 8.33. The molecule has 3 heterocycles. The lowest BCUT2D eigenvalue weighted by Gasteiger charge is -2.26. The Hall–Kier alpha value is -3.65. The van der Waals surface area contributed by atoms with Gasteiger partial charge in [0.15, 0.2) is 5.95 Å². The number of nitrogens with one attached hydrogen (secondary N) is 1. The summed E-state index contributed by atoms with van der Waals surface area (Å²) in [5.74, 6) is -0.372. The highest BCUT2D eigenvalue weighted by Crippen LogP contribution is 2.37. The van der Waals surface area contributed by atoms with Crippen LogP contribution < -0.4 is 15.1 Å². The smallest absolute Gasteiger partial charge is 0.297 e. The molecule has 0 saturated heterocycles. The van der Waals surface area contributed by atoms with Gasteiger partial charge in [0.05, 0.1) is 10.8 Å². The fourth-order valence-corrected chi connectivity index (χ4v) is 6.32. The molecule has 1 N–H and O–H groups in total. The first-order chi connectivity index (χ1) is 17.6. The second kappa shape index (κ2) is 11.0. The van der Waals surface area contributed by atoms with Gasteiger partial charge in [-0.15, -0.1) is 11.3 Å². The molecule has 0 radical (unpaired) electrons. The third kappa shape index (κ3) is 5.28. The van der Waals surface area contributed by atoms with Gasteiger partial charge < -0.3 is 14.9 Å². The summed E-state index contributed by atoms with van der Waals surface area (Å²) in [4.78, 5) is 16.2. The van der Waals surface area contributed by atoms with Crippen molar-refractivity contribution < 1.29 is 19.1 Å². The van der Waals surface area contributed by atoms with Gasteiger partial charge in [0.2, 0.25) is 11.6 Å². The van der Waals surface area contributed by atoms with Crippen LogP contribution in [0.2, 0.25) is 0 Å². The quantitative estimate of drug-likeness (QED) is 0.281. The number of carbonyl (C=O) groups excluding carboxylic acids is 1. The fraction of sp³-hybridized carbons (Fsp3) is 0.231. The highest BCUT2D eigenvalue weighted by atomic mass is 32.2. The molecule has 10 heteroatoms. The number of para-hydroxylation sites is 1. The normalized spacial score (nSPS) is 13.2. The number of anilines is 1. The molecule has 1 aliphatic heterocycles. The first-order valence-electron chi connectivity index (χ1n) is 11.5. The topological polar surface area (TPSA) is 109 Å². The van der Waals surface area contributed by atoms with Gasteiger partial charge in [-0.3, -0.25) is 9.69 Å². The minimum Gasteiger partial charge on any atom is -0.538 e. The number of carbonyl (C=O) groups is 1. The molecule has 2 aromatic carbocycles. The van der Waals surface area contributed by atoms with Crippen molar-refractivity contribution in [2.45, 2.75) is 31.0 Å². The van der Waals surface area contributed by atoms with E-state index >= 15 is 0 Å². The highest BCUT2D eigenvalue weighted by Gasteiger charge is 2.26. The van der Waals surface area contributed by atoms with Crippen molar-refractivity contribution in [3.05, 3.63) is 82.2 Å². The average Bonchev–Trinajstić information content (AvgIpc) is 3.44. The van der Waals surface area contributed by atoms with Crippen molar-refractivity contribution in [3.8, 4) is 17.7 Å². The minimum atomic E-state index is -0.540. The molecule has 0 bridgehead atoms. The summed E-state index contributed by atoms with van der Waals surface area (Å²) < 4.78 is 6.26. The number of hydrogen-bond acceptors (Lipinski definition) is 8. The highest BCUT2D eigenvalue weighted by molar-refractivity contribution is 7.99. The molecule has 8 nitrogen and oxygen atoms in total. The number of hydrogen-bond donors (Lipinski definition) is 1. The van der Waals surface area contributed by atoms with Crippen molar-refractivity contribution in [2.75, 3.05) is 17.6 Å². The summed E-state index contributed by atoms with van der Waals surface area (Å²) in [6.45, 7) is 2.48. The van der Waals surface area contributed by atoms with Crippen molar-refractivity contribution >= 4 is 34.0 Å². The Morgan fingerprint density at radius 3 is 2.72 bits per heavy atom. The predicted molar refractivity (Wildman–Crippen MR) is 135 cm³/mol. The SMILES string of the molecule is N#Cc1c(NC(=O)CCSc2c([O-])on[n+]2-c2ccccc2)sc2c1CCN(Cc1ccccc1)C2. The van der Waals surface area contributed by atoms with Gasteiger partial charge in [-0.25, -0.2) is 0 Å². The van der Waals surface area contributed by atoms with Crippen LogP contribution in [0.4, 0.5) is 5.00 Å². The maximum absolute atomic E-state index is 12.7. The van der Waals surface area contributed by atoms with Crippen LogP contribution in [0.15, 0.2) is 70.2 Å². The molecule has 5 rings (SSSR count). The van der Waals surface area contributed by atoms with Gasteiger partial charge >= 0.3 is 0 Å². The second-order valence-corrected chi connectivity index (χ2v) is 10.5. The van der Waals surface area contributed by atoms with Gasteiger partial charge in [-0.1, -0.05) is 60.3 Å². The number of rotatable bonds is 8. The monoisotopic (exact) mass is 517 g/mol. The molecule has 0 fully saturated rings. The summed E-state index contributed by atoms with van der Waals surface area (Å²) in [6, 6.07) is 21.8. The number of aromatic nitrogens is 2. The number of thioether (sulfide) groups is 1. The molecule has 0 atom stereocenters. The lowest BCUT2D eigenvalue weighted by molar-refractivity contribution is -0.705. The van der Waals surface area contributed by atoms with E-state index in [1.165, 1.54) is 33.3 Å². The standard InChI is InChI=1S/C26H23N5O3S2/c27-15-21-20-11-13-30(16-18-7-3-1-4-8-18)17-22(20)36-24(21)28-23(32)12-14-35-25-26(33)34-29-31(25)19-9-5-2-6-10-19/h1-10H,11-14,16-17H2,(H-,28,29,32,33). The van der Waals surface area contributed by atoms with Crippen molar-refractivity contribution in [2.24, 2.45) is 0 Å². The Kier molecular flexibility index (Phi) is 7.32. The van der Waals surface area contributed by atoms with Gasteiger partial charge in [0.25, 0.3) is 5.03 Å². The third-order valence-electron chi connectivity index (χ3n) is 5.89. The maximum Gasteiger partial charge on any atom is 0.297 e. The Bertz CT molecular complexity index is 1400. The van der Waals surface area contributed by atoms with Crippen LogP contribution in [-0.4, -0.2) is 28.4 Å². The summed E-state index contributed by atoms with van der Waals surface area (Å²) >= 11 is 2.70. The van der Waals surface area contributed by atoms with E-state index in [-0.39, 0.29) is 12.3 Å². The molecule has 0 saturated carbocycles. The summed E-state index contributed by atoms with van der Waals surface area (Å²) in [6.07, 6.45) is 0.962. The maximum atomic E-state index is 12.7. The molecule has 2 aromatic heterocycles. The van der Waals surface area contributed by atoms with Gasteiger partial charge in [-0.2, -0.15) is 5.26 Å². The summed E-state index contributed by atoms with van der Waals surface area (Å²) in [5, 5.41) is 29.5. The lowest BCUT2D eigenvalue weighted by atomic mass is 10.0. The molecule has 182 valence electrons. The van der Waals surface area contributed by atoms with E-state index in [4.69, 9.17) is 4.52 Å². The van der Waals surface area contributed by atoms with E-state index in [1.54, 1.807) is 0 Å². The van der Waals surface area contributed by atoms with Crippen molar-refractivity contribution in [3.63, 3.8) is 0 Å². The number of nitrogens with zero attached hydrogens (tertiary/aromatic N) is 4. The van der Waals surface area contributed by atoms with Crippen LogP contribution in [0.3, 0.4) is 0 Å². The van der Waals surface area contributed by atoms with E-state index in [0.29, 0.717) is 27.0 Å². The Labute approximate surface area is 216 Å². The molecule has 36 heavy (non-hydrogen) atoms. The van der Waals surface area contributed by atoms with Crippen LogP contribution in [0.25, 0.3) is 5.69 Å². The zero-order valence-electron chi connectivity index (χ0n) is 19.3. The molecule has 0 unspecified atom stereocenters. The summed E-state index contributed by atoms with van der Waals surface area (Å²) in [5.41, 5.74) is 3.57. The van der Waals surface area contributed by atoms with E-state index in [1.807, 2.05) is 48.5 Å². The number of fused-ring (bicyclic) bond motifs is 1. The summed E-state index contributed by atoms with van der Waals surface area (Å²) in [7, 11) is 0. The number of thiophene rings is 1. The van der Waals surface area contributed by atoms with Crippen molar-refractivity contribution in [1.29, 1.82) is 5.26 Å². The molecule has 1 amide bonds. The van der Waals surface area contributed by atoms with Crippen LogP contribution in [0.5, 0.6) is 5.95 Å². The van der Waals surface area contributed by atoms with Gasteiger partial charge in [0.1, 0.15) is 11.1 Å². The Balaban J connectivity index is 1.20. The zero-order chi connectivity index (χ0) is 24.9. The molecule has 0 aliphatic carbocycles. The molecular weight excluding hydrogens is 494 g/mol. The number of nitriles is 1. The Morgan fingerprint density at radius 1 is 1.22 bits per heavy atom. The molecule has 0 spiro atoms. The van der Waals surface area contributed by atoms with E-state index < -0.39 is 5.95 Å². The van der Waals surface area contributed by atoms with E-state index in [9.17, 15) is 15.2 Å². The zero-order valence-corrected chi connectivity index (χ0v) is 21.0. The predicted octanol–water partition coefficient (Wildman–Crippen LogP) is 3.64. The number of amides is 1.